The van der Waals surface area contributed by atoms with Gasteiger partial charge < -0.3 is 9.47 Å². The van der Waals surface area contributed by atoms with Gasteiger partial charge in [0.25, 0.3) is 0 Å². The van der Waals surface area contributed by atoms with Gasteiger partial charge in [-0.1, -0.05) is 11.6 Å². The van der Waals surface area contributed by atoms with Crippen LogP contribution in [0.5, 0.6) is 5.75 Å². The van der Waals surface area contributed by atoms with Gasteiger partial charge in [0.15, 0.2) is 5.78 Å². The molecular formula is C14H14ClF3O4. The minimum absolute atomic E-state index is 0.00890. The first-order valence-corrected chi connectivity index (χ1v) is 6.55. The molecule has 1 aromatic carbocycles. The highest BCUT2D eigenvalue weighted by Gasteiger charge is 2.32. The van der Waals surface area contributed by atoms with Crippen molar-refractivity contribution in [2.24, 2.45) is 0 Å². The van der Waals surface area contributed by atoms with Crippen molar-refractivity contribution < 1.29 is 32.2 Å². The van der Waals surface area contributed by atoms with Crippen LogP contribution in [0.3, 0.4) is 0 Å². The van der Waals surface area contributed by atoms with Crippen molar-refractivity contribution in [1.29, 1.82) is 0 Å². The molecule has 0 heterocycles. The zero-order valence-electron chi connectivity index (χ0n) is 12.1. The van der Waals surface area contributed by atoms with Gasteiger partial charge in [-0.3, -0.25) is 9.59 Å². The van der Waals surface area contributed by atoms with E-state index in [9.17, 15) is 22.8 Å². The maximum atomic E-state index is 12.1. The van der Waals surface area contributed by atoms with Crippen LogP contribution in [0.25, 0.3) is 0 Å². The van der Waals surface area contributed by atoms with Crippen LogP contribution < -0.4 is 4.74 Å². The van der Waals surface area contributed by atoms with E-state index >= 15 is 0 Å². The van der Waals surface area contributed by atoms with Crippen molar-refractivity contribution in [2.75, 3.05) is 0 Å². The van der Waals surface area contributed by atoms with Gasteiger partial charge in [0.05, 0.1) is 5.02 Å². The SMILES string of the molecule is CC(C)(C)OC(=O)CC(=O)c1ccc(OC(F)(F)F)c(Cl)c1. The highest BCUT2D eigenvalue weighted by Crippen LogP contribution is 2.31. The van der Waals surface area contributed by atoms with E-state index in [1.165, 1.54) is 0 Å². The average molecular weight is 339 g/mol. The fraction of sp³-hybridized carbons (Fsp3) is 0.429. The van der Waals surface area contributed by atoms with Crippen LogP contribution in [0.4, 0.5) is 13.2 Å². The number of Topliss-reactive ketones (excluding diaryl/α,β-unsaturated/α-hetero) is 1. The number of carbonyl (C=O) groups is 2. The molecule has 4 nitrogen and oxygen atoms in total. The Morgan fingerprint density at radius 3 is 2.23 bits per heavy atom. The highest BCUT2D eigenvalue weighted by atomic mass is 35.5. The lowest BCUT2D eigenvalue weighted by atomic mass is 10.1. The molecule has 0 aliphatic carbocycles. The van der Waals surface area contributed by atoms with E-state index in [0.29, 0.717) is 0 Å². The Morgan fingerprint density at radius 1 is 1.18 bits per heavy atom. The first kappa shape index (κ1) is 18.3. The molecule has 1 rings (SSSR count). The molecule has 0 aliphatic heterocycles. The molecule has 0 saturated carbocycles. The van der Waals surface area contributed by atoms with Gasteiger partial charge in [0, 0.05) is 5.56 Å². The normalized spacial score (nSPS) is 12.0. The number of esters is 1. The van der Waals surface area contributed by atoms with Crippen molar-refractivity contribution in [3.63, 3.8) is 0 Å². The number of halogens is 4. The third-order valence-corrected chi connectivity index (χ3v) is 2.50. The summed E-state index contributed by atoms with van der Waals surface area (Å²) in [6, 6.07) is 3.02. The molecular weight excluding hydrogens is 325 g/mol. The molecule has 8 heteroatoms. The van der Waals surface area contributed by atoms with Crippen molar-refractivity contribution in [1.82, 2.24) is 0 Å². The molecule has 0 aromatic heterocycles. The number of hydrogen-bond donors (Lipinski definition) is 0. The zero-order chi connectivity index (χ0) is 17.1. The fourth-order valence-electron chi connectivity index (χ4n) is 1.49. The summed E-state index contributed by atoms with van der Waals surface area (Å²) in [5.41, 5.74) is -0.746. The van der Waals surface area contributed by atoms with Gasteiger partial charge in [0.2, 0.25) is 0 Å². The van der Waals surface area contributed by atoms with Gasteiger partial charge in [0.1, 0.15) is 17.8 Å². The largest absolute Gasteiger partial charge is 0.573 e. The monoisotopic (exact) mass is 338 g/mol. The van der Waals surface area contributed by atoms with E-state index in [1.54, 1.807) is 20.8 Å². The summed E-state index contributed by atoms with van der Waals surface area (Å²) in [5.74, 6) is -1.97. The molecule has 0 spiro atoms. The summed E-state index contributed by atoms with van der Waals surface area (Å²) in [5, 5.41) is -0.382. The van der Waals surface area contributed by atoms with Crippen molar-refractivity contribution in [2.45, 2.75) is 39.2 Å². The third kappa shape index (κ3) is 6.34. The van der Waals surface area contributed by atoms with E-state index in [2.05, 4.69) is 4.74 Å². The predicted octanol–water partition coefficient (Wildman–Crippen LogP) is 4.15. The Labute approximate surface area is 130 Å². The van der Waals surface area contributed by atoms with Gasteiger partial charge in [-0.2, -0.15) is 0 Å². The molecule has 1 aromatic rings. The minimum atomic E-state index is -4.88. The lowest BCUT2D eigenvalue weighted by molar-refractivity contribution is -0.274. The van der Waals surface area contributed by atoms with Gasteiger partial charge in [-0.15, -0.1) is 13.2 Å². The summed E-state index contributed by atoms with van der Waals surface area (Å²) in [6.07, 6.45) is -5.42. The molecule has 0 fully saturated rings. The number of ketones is 1. The molecule has 0 saturated heterocycles. The van der Waals surface area contributed by atoms with Crippen LogP contribution in [0.1, 0.15) is 37.6 Å². The predicted molar refractivity (Wildman–Crippen MR) is 72.9 cm³/mol. The number of rotatable bonds is 4. The second-order valence-corrected chi connectivity index (χ2v) is 5.79. The summed E-state index contributed by atoms with van der Waals surface area (Å²) < 4.78 is 45.0. The van der Waals surface area contributed by atoms with E-state index in [4.69, 9.17) is 16.3 Å². The second kappa shape index (κ2) is 6.56. The number of carbonyl (C=O) groups excluding carboxylic acids is 2. The topological polar surface area (TPSA) is 52.6 Å². The van der Waals surface area contributed by atoms with Gasteiger partial charge in [-0.25, -0.2) is 0 Å². The van der Waals surface area contributed by atoms with Crippen molar-refractivity contribution in [3.05, 3.63) is 28.8 Å². The number of hydrogen-bond acceptors (Lipinski definition) is 4. The van der Waals surface area contributed by atoms with Crippen LogP contribution in [-0.2, 0) is 9.53 Å². The molecule has 0 atom stereocenters. The maximum Gasteiger partial charge on any atom is 0.573 e. The first-order valence-electron chi connectivity index (χ1n) is 6.18. The van der Waals surface area contributed by atoms with Crippen LogP contribution in [0, 0.1) is 0 Å². The Balaban J connectivity index is 2.79. The van der Waals surface area contributed by atoms with E-state index < -0.39 is 35.9 Å². The van der Waals surface area contributed by atoms with Crippen LogP contribution in [0.15, 0.2) is 18.2 Å². The quantitative estimate of drug-likeness (QED) is 0.470. The number of benzene rings is 1. The molecule has 0 unspecified atom stereocenters. The Hall–Kier alpha value is -1.76. The van der Waals surface area contributed by atoms with E-state index in [-0.39, 0.29) is 10.6 Å². The first-order chi connectivity index (χ1) is 9.87. The third-order valence-electron chi connectivity index (χ3n) is 2.20. The van der Waals surface area contributed by atoms with E-state index in [1.807, 2.05) is 0 Å². The second-order valence-electron chi connectivity index (χ2n) is 5.38. The van der Waals surface area contributed by atoms with E-state index in [0.717, 1.165) is 18.2 Å². The Kier molecular flexibility index (Phi) is 5.45. The summed E-state index contributed by atoms with van der Waals surface area (Å²) in [4.78, 5) is 23.4. The molecule has 122 valence electrons. The lowest BCUT2D eigenvalue weighted by Gasteiger charge is -2.19. The smallest absolute Gasteiger partial charge is 0.460 e. The molecule has 0 bridgehead atoms. The molecule has 22 heavy (non-hydrogen) atoms. The molecule has 0 amide bonds. The van der Waals surface area contributed by atoms with Gasteiger partial charge in [-0.05, 0) is 39.0 Å². The molecule has 0 aliphatic rings. The molecule has 0 radical (unpaired) electrons. The number of alkyl halides is 3. The fourth-order valence-corrected chi connectivity index (χ4v) is 1.71. The summed E-state index contributed by atoms with van der Waals surface area (Å²) in [7, 11) is 0. The van der Waals surface area contributed by atoms with Crippen LogP contribution in [-0.4, -0.2) is 23.7 Å². The summed E-state index contributed by atoms with van der Waals surface area (Å²) >= 11 is 5.63. The van der Waals surface area contributed by atoms with Crippen molar-refractivity contribution >= 4 is 23.4 Å². The highest BCUT2D eigenvalue weighted by molar-refractivity contribution is 6.32. The van der Waals surface area contributed by atoms with Crippen molar-refractivity contribution in [3.8, 4) is 5.75 Å². The van der Waals surface area contributed by atoms with Crippen LogP contribution >= 0.6 is 11.6 Å². The zero-order valence-corrected chi connectivity index (χ0v) is 12.8. The van der Waals surface area contributed by atoms with Gasteiger partial charge >= 0.3 is 12.3 Å². The van der Waals surface area contributed by atoms with Crippen LogP contribution in [0.2, 0.25) is 5.02 Å². The standard InChI is InChI=1S/C14H14ClF3O4/c1-13(2,3)22-12(20)7-10(19)8-4-5-11(9(15)6-8)21-14(16,17)18/h4-6H,7H2,1-3H3. The number of ether oxygens (including phenoxy) is 2. The molecule has 0 N–H and O–H groups in total. The lowest BCUT2D eigenvalue weighted by Crippen LogP contribution is -2.25. The minimum Gasteiger partial charge on any atom is -0.460 e. The average Bonchev–Trinajstić information content (AvgIpc) is 2.27. The summed E-state index contributed by atoms with van der Waals surface area (Å²) in [6.45, 7) is 4.94. The maximum absolute atomic E-state index is 12.1. The Bertz CT molecular complexity index is 576. The Morgan fingerprint density at radius 2 is 1.77 bits per heavy atom.